The molecule has 0 bridgehead atoms. The van der Waals surface area contributed by atoms with Gasteiger partial charge in [-0.2, -0.15) is 0 Å². The third-order valence-corrected chi connectivity index (χ3v) is 2.89. The van der Waals surface area contributed by atoms with E-state index in [9.17, 15) is 0 Å². The number of nitrogens with two attached hydrogens (primary N) is 1. The van der Waals surface area contributed by atoms with E-state index in [0.29, 0.717) is 5.82 Å². The van der Waals surface area contributed by atoms with Gasteiger partial charge >= 0.3 is 0 Å². The fourth-order valence-electron chi connectivity index (χ4n) is 1.83. The van der Waals surface area contributed by atoms with Crippen LogP contribution in [0.15, 0.2) is 30.5 Å². The van der Waals surface area contributed by atoms with Gasteiger partial charge in [-0.15, -0.1) is 0 Å². The minimum atomic E-state index is -0.556. The summed E-state index contributed by atoms with van der Waals surface area (Å²) in [5, 5.41) is 9.04. The van der Waals surface area contributed by atoms with Crippen molar-refractivity contribution in [3.8, 4) is 17.0 Å². The van der Waals surface area contributed by atoms with Gasteiger partial charge in [-0.1, -0.05) is 0 Å². The van der Waals surface area contributed by atoms with E-state index in [1.807, 2.05) is 31.2 Å². The van der Waals surface area contributed by atoms with Gasteiger partial charge in [0.2, 0.25) is 0 Å². The summed E-state index contributed by atoms with van der Waals surface area (Å²) in [4.78, 5) is 8.44. The van der Waals surface area contributed by atoms with Crippen molar-refractivity contribution >= 4 is 0 Å². The Bertz CT molecular complexity index is 572. The number of hydrogen-bond donors (Lipinski definition) is 2. The van der Waals surface area contributed by atoms with Crippen molar-refractivity contribution in [3.63, 3.8) is 0 Å². The fourth-order valence-corrected chi connectivity index (χ4v) is 1.83. The van der Waals surface area contributed by atoms with E-state index in [-0.39, 0.29) is 6.61 Å². The van der Waals surface area contributed by atoms with Crippen LogP contribution in [-0.4, -0.2) is 28.8 Å². The van der Waals surface area contributed by atoms with Gasteiger partial charge in [-0.05, 0) is 36.8 Å². The molecule has 2 rings (SSSR count). The summed E-state index contributed by atoms with van der Waals surface area (Å²) < 4.78 is 5.23. The quantitative estimate of drug-likeness (QED) is 0.868. The first kappa shape index (κ1) is 13.5. The fraction of sp³-hybridized carbons (Fsp3) is 0.286. The standard InChI is InChI=1S/C14H17N3O2/c1-9-7-10(3-4-13(9)19-2)12-5-6-16-14(17-12)11(15)8-18/h3-7,11,18H,8,15H2,1-2H3. The number of hydrogen-bond acceptors (Lipinski definition) is 5. The Balaban J connectivity index is 2.39. The van der Waals surface area contributed by atoms with Crippen molar-refractivity contribution in [2.45, 2.75) is 13.0 Å². The SMILES string of the molecule is COc1ccc(-c2ccnc(C(N)CO)n2)cc1C. The van der Waals surface area contributed by atoms with Crippen molar-refractivity contribution < 1.29 is 9.84 Å². The third kappa shape index (κ3) is 2.89. The maximum atomic E-state index is 9.04. The molecule has 0 saturated heterocycles. The van der Waals surface area contributed by atoms with Crippen LogP contribution >= 0.6 is 0 Å². The number of methoxy groups -OCH3 is 1. The first-order valence-electron chi connectivity index (χ1n) is 6.00. The van der Waals surface area contributed by atoms with Crippen LogP contribution in [0, 0.1) is 6.92 Å². The van der Waals surface area contributed by atoms with Gasteiger partial charge in [0, 0.05) is 11.8 Å². The highest BCUT2D eigenvalue weighted by atomic mass is 16.5. The van der Waals surface area contributed by atoms with Gasteiger partial charge in [-0.25, -0.2) is 9.97 Å². The van der Waals surface area contributed by atoms with Crippen LogP contribution < -0.4 is 10.5 Å². The zero-order valence-electron chi connectivity index (χ0n) is 11.0. The Morgan fingerprint density at radius 2 is 2.16 bits per heavy atom. The van der Waals surface area contributed by atoms with Gasteiger partial charge in [0.1, 0.15) is 11.6 Å². The molecule has 1 unspecified atom stereocenters. The van der Waals surface area contributed by atoms with Gasteiger partial charge in [0.25, 0.3) is 0 Å². The molecule has 5 heteroatoms. The van der Waals surface area contributed by atoms with E-state index in [0.717, 1.165) is 22.6 Å². The molecule has 0 aliphatic carbocycles. The highest BCUT2D eigenvalue weighted by Gasteiger charge is 2.10. The average Bonchev–Trinajstić information content (AvgIpc) is 2.46. The maximum absolute atomic E-state index is 9.04. The molecule has 100 valence electrons. The summed E-state index contributed by atoms with van der Waals surface area (Å²) in [5.74, 6) is 1.28. The minimum Gasteiger partial charge on any atom is -0.496 e. The molecule has 19 heavy (non-hydrogen) atoms. The predicted octanol–water partition coefficient (Wildman–Crippen LogP) is 1.45. The first-order chi connectivity index (χ1) is 9.15. The summed E-state index contributed by atoms with van der Waals surface area (Å²) in [6, 6.07) is 7.09. The topological polar surface area (TPSA) is 81.3 Å². The smallest absolute Gasteiger partial charge is 0.147 e. The molecule has 1 aromatic carbocycles. The average molecular weight is 259 g/mol. The Hall–Kier alpha value is -1.98. The lowest BCUT2D eigenvalue weighted by molar-refractivity contribution is 0.263. The second kappa shape index (κ2) is 5.77. The molecule has 0 amide bonds. The van der Waals surface area contributed by atoms with Crippen LogP contribution in [-0.2, 0) is 0 Å². The van der Waals surface area contributed by atoms with Crippen molar-refractivity contribution in [2.75, 3.05) is 13.7 Å². The molecule has 0 aliphatic heterocycles. The second-order valence-electron chi connectivity index (χ2n) is 4.27. The summed E-state index contributed by atoms with van der Waals surface area (Å²) in [6.45, 7) is 1.80. The molecule has 0 saturated carbocycles. The van der Waals surface area contributed by atoms with Crippen LogP contribution in [0.2, 0.25) is 0 Å². The highest BCUT2D eigenvalue weighted by molar-refractivity contribution is 5.61. The van der Waals surface area contributed by atoms with E-state index in [1.54, 1.807) is 13.3 Å². The van der Waals surface area contributed by atoms with Gasteiger partial charge in [0.05, 0.1) is 25.5 Å². The number of aliphatic hydroxyl groups is 1. The minimum absolute atomic E-state index is 0.176. The molecule has 3 N–H and O–H groups in total. The van der Waals surface area contributed by atoms with E-state index in [4.69, 9.17) is 15.6 Å². The third-order valence-electron chi connectivity index (χ3n) is 2.89. The Morgan fingerprint density at radius 1 is 1.37 bits per heavy atom. The van der Waals surface area contributed by atoms with Crippen LogP contribution in [0.1, 0.15) is 17.4 Å². The van der Waals surface area contributed by atoms with Crippen molar-refractivity contribution in [3.05, 3.63) is 41.9 Å². The molecule has 2 aromatic rings. The molecule has 0 spiro atoms. The molecule has 1 aromatic heterocycles. The van der Waals surface area contributed by atoms with Crippen LogP contribution in [0.3, 0.4) is 0 Å². The van der Waals surface area contributed by atoms with Crippen LogP contribution in [0.25, 0.3) is 11.3 Å². The van der Waals surface area contributed by atoms with Gasteiger partial charge in [-0.3, -0.25) is 0 Å². The number of aryl methyl sites for hydroxylation is 1. The lowest BCUT2D eigenvalue weighted by Crippen LogP contribution is -2.17. The van der Waals surface area contributed by atoms with Crippen molar-refractivity contribution in [1.82, 2.24) is 9.97 Å². The molecule has 0 fully saturated rings. The molecule has 5 nitrogen and oxygen atoms in total. The largest absolute Gasteiger partial charge is 0.496 e. The Morgan fingerprint density at radius 3 is 2.79 bits per heavy atom. The lowest BCUT2D eigenvalue weighted by Gasteiger charge is -2.10. The maximum Gasteiger partial charge on any atom is 0.147 e. The number of rotatable bonds is 4. The zero-order chi connectivity index (χ0) is 13.8. The van der Waals surface area contributed by atoms with Crippen molar-refractivity contribution in [1.29, 1.82) is 0 Å². The summed E-state index contributed by atoms with van der Waals surface area (Å²) in [7, 11) is 1.64. The monoisotopic (exact) mass is 259 g/mol. The van der Waals surface area contributed by atoms with Crippen LogP contribution in [0.5, 0.6) is 5.75 Å². The van der Waals surface area contributed by atoms with E-state index >= 15 is 0 Å². The number of benzene rings is 1. The zero-order valence-corrected chi connectivity index (χ0v) is 11.0. The molecule has 1 atom stereocenters. The second-order valence-corrected chi connectivity index (χ2v) is 4.27. The van der Waals surface area contributed by atoms with E-state index in [2.05, 4.69) is 9.97 Å². The lowest BCUT2D eigenvalue weighted by atomic mass is 10.1. The van der Waals surface area contributed by atoms with Crippen molar-refractivity contribution in [2.24, 2.45) is 5.73 Å². The molecule has 0 aliphatic rings. The molecule has 0 radical (unpaired) electrons. The Kier molecular flexibility index (Phi) is 4.09. The number of nitrogens with zero attached hydrogens (tertiary/aromatic N) is 2. The van der Waals surface area contributed by atoms with E-state index < -0.39 is 6.04 Å². The molecule has 1 heterocycles. The van der Waals surface area contributed by atoms with Gasteiger partial charge < -0.3 is 15.6 Å². The van der Waals surface area contributed by atoms with E-state index in [1.165, 1.54) is 0 Å². The molecular formula is C14H17N3O2. The number of aliphatic hydroxyl groups excluding tert-OH is 1. The first-order valence-corrected chi connectivity index (χ1v) is 6.00. The normalized spacial score (nSPS) is 12.2. The van der Waals surface area contributed by atoms with Gasteiger partial charge in [0.15, 0.2) is 0 Å². The summed E-state index contributed by atoms with van der Waals surface area (Å²) >= 11 is 0. The highest BCUT2D eigenvalue weighted by Crippen LogP contribution is 2.25. The summed E-state index contributed by atoms with van der Waals surface area (Å²) in [5.41, 5.74) is 8.50. The predicted molar refractivity (Wildman–Crippen MR) is 72.8 cm³/mol. The van der Waals surface area contributed by atoms with Crippen LogP contribution in [0.4, 0.5) is 0 Å². The molecular weight excluding hydrogens is 242 g/mol. The number of aromatic nitrogens is 2. The number of ether oxygens (including phenoxy) is 1. The summed E-state index contributed by atoms with van der Waals surface area (Å²) in [6.07, 6.45) is 1.65. The Labute approximate surface area is 112 Å².